The van der Waals surface area contributed by atoms with Crippen molar-refractivity contribution in [3.63, 3.8) is 0 Å². The summed E-state index contributed by atoms with van der Waals surface area (Å²) >= 11 is 0. The Morgan fingerprint density at radius 1 is 1.09 bits per heavy atom. The highest BCUT2D eigenvalue weighted by atomic mass is 16.7. The SMILES string of the molecule is CCOC(=O)N1CCc2cc(OC)c(OCc3ccccc3)c3c2[C@@H]1Cc1cc2c(cc1-3)OCO2. The van der Waals surface area contributed by atoms with Gasteiger partial charge in [0, 0.05) is 12.1 Å². The van der Waals surface area contributed by atoms with Crippen LogP contribution in [-0.4, -0.2) is 38.0 Å². The van der Waals surface area contributed by atoms with Crippen LogP contribution in [0.2, 0.25) is 0 Å². The number of benzene rings is 3. The Morgan fingerprint density at radius 3 is 2.66 bits per heavy atom. The standard InChI is InChI=1S/C28H27NO6/c1-3-32-28(30)29-10-9-18-12-24(31-2)27(33-15-17-7-5-4-6-8-17)26-20-14-23-22(34-16-35-23)13-19(20)11-21(29)25(18)26/h4-8,12-14,21H,3,9-11,15-16H2,1-2H3/t21-/m0/s1. The first-order valence-corrected chi connectivity index (χ1v) is 11.9. The zero-order valence-corrected chi connectivity index (χ0v) is 19.8. The average Bonchev–Trinajstić information content (AvgIpc) is 3.34. The van der Waals surface area contributed by atoms with Crippen LogP contribution in [0.5, 0.6) is 23.0 Å². The fourth-order valence-corrected chi connectivity index (χ4v) is 5.37. The van der Waals surface area contributed by atoms with Gasteiger partial charge in [-0.2, -0.15) is 0 Å². The van der Waals surface area contributed by atoms with Gasteiger partial charge in [-0.05, 0) is 65.8 Å². The van der Waals surface area contributed by atoms with Crippen LogP contribution in [0.1, 0.15) is 35.2 Å². The minimum absolute atomic E-state index is 0.161. The van der Waals surface area contributed by atoms with Crippen LogP contribution in [0.4, 0.5) is 4.79 Å². The molecule has 7 heteroatoms. The quantitative estimate of drug-likeness (QED) is 0.502. The van der Waals surface area contributed by atoms with Gasteiger partial charge >= 0.3 is 6.09 Å². The van der Waals surface area contributed by atoms with Crippen molar-refractivity contribution < 1.29 is 28.5 Å². The summed E-state index contributed by atoms with van der Waals surface area (Å²) in [6.45, 7) is 3.35. The molecule has 35 heavy (non-hydrogen) atoms. The molecule has 3 aliphatic rings. The molecule has 0 fully saturated rings. The Hall–Kier alpha value is -3.87. The van der Waals surface area contributed by atoms with Gasteiger partial charge in [0.1, 0.15) is 6.61 Å². The number of fused-ring (bicyclic) bond motifs is 3. The second kappa shape index (κ2) is 8.73. The third-order valence-corrected chi connectivity index (χ3v) is 6.93. The maximum Gasteiger partial charge on any atom is 0.410 e. The summed E-state index contributed by atoms with van der Waals surface area (Å²) in [6, 6.07) is 16.0. The monoisotopic (exact) mass is 473 g/mol. The van der Waals surface area contributed by atoms with Crippen molar-refractivity contribution in [1.82, 2.24) is 4.90 Å². The summed E-state index contributed by atoms with van der Waals surface area (Å²) in [5, 5.41) is 0. The van der Waals surface area contributed by atoms with Crippen LogP contribution >= 0.6 is 0 Å². The lowest BCUT2D eigenvalue weighted by Crippen LogP contribution is -2.42. The van der Waals surface area contributed by atoms with Gasteiger partial charge in [-0.1, -0.05) is 30.3 Å². The molecule has 0 N–H and O–H groups in total. The predicted molar refractivity (Wildman–Crippen MR) is 129 cm³/mol. The zero-order valence-electron chi connectivity index (χ0n) is 19.8. The lowest BCUT2D eigenvalue weighted by Gasteiger charge is -2.41. The number of ether oxygens (including phenoxy) is 5. The van der Waals surface area contributed by atoms with E-state index in [2.05, 4.69) is 6.07 Å². The molecule has 3 aromatic carbocycles. The van der Waals surface area contributed by atoms with E-state index in [1.54, 1.807) is 7.11 Å². The largest absolute Gasteiger partial charge is 0.493 e. The molecule has 0 unspecified atom stereocenters. The van der Waals surface area contributed by atoms with Gasteiger partial charge in [-0.3, -0.25) is 0 Å². The smallest absolute Gasteiger partial charge is 0.410 e. The van der Waals surface area contributed by atoms with E-state index in [4.69, 9.17) is 23.7 Å². The Bertz CT molecular complexity index is 1290. The normalized spacial score (nSPS) is 16.9. The van der Waals surface area contributed by atoms with E-state index >= 15 is 0 Å². The Morgan fingerprint density at radius 2 is 1.89 bits per heavy atom. The maximum atomic E-state index is 12.9. The molecule has 0 saturated carbocycles. The van der Waals surface area contributed by atoms with E-state index in [-0.39, 0.29) is 18.9 Å². The molecule has 1 aliphatic carbocycles. The van der Waals surface area contributed by atoms with Crippen molar-refractivity contribution in [3.05, 3.63) is 70.8 Å². The van der Waals surface area contributed by atoms with Gasteiger partial charge < -0.3 is 28.6 Å². The summed E-state index contributed by atoms with van der Waals surface area (Å²) in [7, 11) is 1.67. The molecular weight excluding hydrogens is 446 g/mol. The van der Waals surface area contributed by atoms with Crippen molar-refractivity contribution in [2.45, 2.75) is 32.4 Å². The highest BCUT2D eigenvalue weighted by Crippen LogP contribution is 2.55. The average molecular weight is 474 g/mol. The number of methoxy groups -OCH3 is 1. The molecule has 1 atom stereocenters. The molecule has 0 aromatic heterocycles. The summed E-state index contributed by atoms with van der Waals surface area (Å²) in [5.74, 6) is 2.79. The van der Waals surface area contributed by atoms with E-state index < -0.39 is 0 Å². The van der Waals surface area contributed by atoms with Crippen molar-refractivity contribution in [2.75, 3.05) is 27.1 Å². The van der Waals surface area contributed by atoms with Crippen LogP contribution in [0, 0.1) is 0 Å². The number of hydrogen-bond donors (Lipinski definition) is 0. The third-order valence-electron chi connectivity index (χ3n) is 6.93. The molecule has 0 bridgehead atoms. The number of carbonyl (C=O) groups is 1. The molecule has 0 spiro atoms. The molecule has 1 amide bonds. The van der Waals surface area contributed by atoms with Gasteiger partial charge in [-0.15, -0.1) is 0 Å². The molecule has 0 radical (unpaired) electrons. The number of rotatable bonds is 5. The molecule has 3 aromatic rings. The fraction of sp³-hybridized carbons (Fsp3) is 0.321. The topological polar surface area (TPSA) is 66.5 Å². The summed E-state index contributed by atoms with van der Waals surface area (Å²) in [4.78, 5) is 14.8. The minimum Gasteiger partial charge on any atom is -0.493 e. The lowest BCUT2D eigenvalue weighted by atomic mass is 9.76. The first-order chi connectivity index (χ1) is 17.2. The fourth-order valence-electron chi connectivity index (χ4n) is 5.37. The highest BCUT2D eigenvalue weighted by molar-refractivity contribution is 5.86. The summed E-state index contributed by atoms with van der Waals surface area (Å²) in [6.07, 6.45) is 1.09. The molecule has 7 nitrogen and oxygen atoms in total. The van der Waals surface area contributed by atoms with E-state index in [1.165, 1.54) is 0 Å². The number of hydrogen-bond acceptors (Lipinski definition) is 6. The number of amides is 1. The van der Waals surface area contributed by atoms with Crippen LogP contribution in [-0.2, 0) is 24.2 Å². The van der Waals surface area contributed by atoms with Gasteiger partial charge in [0.05, 0.1) is 19.8 Å². The van der Waals surface area contributed by atoms with Crippen molar-refractivity contribution >= 4 is 6.09 Å². The third kappa shape index (κ3) is 3.62. The maximum absolute atomic E-state index is 12.9. The van der Waals surface area contributed by atoms with Crippen molar-refractivity contribution in [1.29, 1.82) is 0 Å². The first kappa shape index (κ1) is 21.6. The van der Waals surface area contributed by atoms with Gasteiger partial charge in [-0.25, -0.2) is 4.79 Å². The van der Waals surface area contributed by atoms with Crippen molar-refractivity contribution in [2.24, 2.45) is 0 Å². The Balaban J connectivity index is 1.54. The number of carbonyl (C=O) groups excluding carboxylic acids is 1. The van der Waals surface area contributed by atoms with Crippen molar-refractivity contribution in [3.8, 4) is 34.1 Å². The molecular formula is C28H27NO6. The van der Waals surface area contributed by atoms with Gasteiger partial charge in [0.2, 0.25) is 6.79 Å². The molecule has 6 rings (SSSR count). The summed E-state index contributed by atoms with van der Waals surface area (Å²) in [5.41, 5.74) is 6.37. The number of nitrogens with zero attached hydrogens (tertiary/aromatic N) is 1. The summed E-state index contributed by atoms with van der Waals surface area (Å²) < 4.78 is 29.1. The van der Waals surface area contributed by atoms with Crippen LogP contribution in [0.3, 0.4) is 0 Å². The van der Waals surface area contributed by atoms with Gasteiger partial charge in [0.25, 0.3) is 0 Å². The Kier molecular flexibility index (Phi) is 5.40. The molecule has 180 valence electrons. The lowest BCUT2D eigenvalue weighted by molar-refractivity contribution is 0.0860. The van der Waals surface area contributed by atoms with E-state index in [1.807, 2.05) is 54.3 Å². The minimum atomic E-state index is -0.291. The van der Waals surface area contributed by atoms with E-state index in [9.17, 15) is 4.79 Å². The highest BCUT2D eigenvalue weighted by Gasteiger charge is 2.41. The van der Waals surface area contributed by atoms with E-state index in [0.29, 0.717) is 49.8 Å². The molecule has 0 saturated heterocycles. The first-order valence-electron chi connectivity index (χ1n) is 11.9. The second-order valence-corrected chi connectivity index (χ2v) is 8.85. The predicted octanol–water partition coefficient (Wildman–Crippen LogP) is 5.28. The second-order valence-electron chi connectivity index (χ2n) is 8.85. The van der Waals surface area contributed by atoms with Crippen LogP contribution < -0.4 is 18.9 Å². The van der Waals surface area contributed by atoms with Crippen LogP contribution in [0.25, 0.3) is 11.1 Å². The van der Waals surface area contributed by atoms with Gasteiger partial charge in [0.15, 0.2) is 23.0 Å². The molecule has 2 aliphatic heterocycles. The van der Waals surface area contributed by atoms with E-state index in [0.717, 1.165) is 39.1 Å². The Labute approximate surface area is 204 Å². The zero-order chi connectivity index (χ0) is 23.9. The molecule has 2 heterocycles. The van der Waals surface area contributed by atoms with Crippen LogP contribution in [0.15, 0.2) is 48.5 Å².